The van der Waals surface area contributed by atoms with E-state index < -0.39 is 24.0 Å². The maximum atomic E-state index is 13.2. The molecule has 0 unspecified atom stereocenters. The first-order chi connectivity index (χ1) is 14.1. The number of esters is 1. The van der Waals surface area contributed by atoms with Crippen molar-refractivity contribution in [3.63, 3.8) is 0 Å². The highest BCUT2D eigenvalue weighted by Crippen LogP contribution is 2.14. The number of hydrogen-bond acceptors (Lipinski definition) is 5. The molecule has 7 nitrogen and oxygen atoms in total. The Morgan fingerprint density at radius 2 is 1.76 bits per heavy atom. The normalized spacial score (nSPS) is 16.7. The number of benzene rings is 2. The van der Waals surface area contributed by atoms with Gasteiger partial charge in [0.2, 0.25) is 0 Å². The van der Waals surface area contributed by atoms with E-state index in [-0.39, 0.29) is 12.3 Å². The maximum Gasteiger partial charge on any atom is 0.331 e. The van der Waals surface area contributed by atoms with E-state index in [4.69, 9.17) is 4.74 Å². The van der Waals surface area contributed by atoms with Gasteiger partial charge in [0.1, 0.15) is 0 Å². The lowest BCUT2D eigenvalue weighted by Gasteiger charge is -2.31. The Balaban J connectivity index is 1.91. The Kier molecular flexibility index (Phi) is 6.97. The molecule has 0 radical (unpaired) electrons. The van der Waals surface area contributed by atoms with Gasteiger partial charge in [-0.3, -0.25) is 15.0 Å². The minimum atomic E-state index is -1.000. The second-order valence-corrected chi connectivity index (χ2v) is 6.89. The largest absolute Gasteiger partial charge is 0.467 e. The van der Waals surface area contributed by atoms with Gasteiger partial charge >= 0.3 is 5.97 Å². The third-order valence-electron chi connectivity index (χ3n) is 4.90. The highest BCUT2D eigenvalue weighted by atomic mass is 16.5. The molecule has 3 rings (SSSR count). The summed E-state index contributed by atoms with van der Waals surface area (Å²) in [5, 5.41) is 4.21. The summed E-state index contributed by atoms with van der Waals surface area (Å²) < 4.78 is 4.96. The summed E-state index contributed by atoms with van der Waals surface area (Å²) in [6, 6.07) is 16.5. The predicted octanol–water partition coefficient (Wildman–Crippen LogP) is 1.70. The maximum absolute atomic E-state index is 13.2. The lowest BCUT2D eigenvalue weighted by atomic mass is 10.0. The lowest BCUT2D eigenvalue weighted by Crippen LogP contribution is -2.58. The van der Waals surface area contributed by atoms with Gasteiger partial charge in [-0.05, 0) is 37.1 Å². The van der Waals surface area contributed by atoms with Crippen LogP contribution in [-0.4, -0.2) is 48.5 Å². The van der Waals surface area contributed by atoms with Crippen LogP contribution < -0.4 is 10.7 Å². The lowest BCUT2D eigenvalue weighted by molar-refractivity contribution is -0.148. The summed E-state index contributed by atoms with van der Waals surface area (Å²) in [4.78, 5) is 38.6. The van der Waals surface area contributed by atoms with Gasteiger partial charge in [-0.25, -0.2) is 9.80 Å². The van der Waals surface area contributed by atoms with Gasteiger partial charge in [-0.1, -0.05) is 48.5 Å². The zero-order valence-corrected chi connectivity index (χ0v) is 16.3. The van der Waals surface area contributed by atoms with Crippen molar-refractivity contribution in [2.24, 2.45) is 0 Å². The molecule has 0 saturated carbocycles. The molecule has 29 heavy (non-hydrogen) atoms. The smallest absolute Gasteiger partial charge is 0.331 e. The molecule has 1 heterocycles. The van der Waals surface area contributed by atoms with Crippen molar-refractivity contribution in [1.29, 1.82) is 0 Å². The van der Waals surface area contributed by atoms with Gasteiger partial charge in [0.05, 0.1) is 13.2 Å². The van der Waals surface area contributed by atoms with Crippen molar-refractivity contribution in [2.45, 2.75) is 31.3 Å². The molecule has 2 N–H and O–H groups in total. The van der Waals surface area contributed by atoms with Crippen LogP contribution in [0.3, 0.4) is 0 Å². The summed E-state index contributed by atoms with van der Waals surface area (Å²) >= 11 is 0. The zero-order valence-electron chi connectivity index (χ0n) is 16.3. The number of hydrazine groups is 1. The molecule has 2 aromatic rings. The molecule has 1 aliphatic rings. The molecule has 2 aromatic carbocycles. The quantitative estimate of drug-likeness (QED) is 0.574. The first-order valence-corrected chi connectivity index (χ1v) is 9.64. The molecule has 2 amide bonds. The van der Waals surface area contributed by atoms with Crippen LogP contribution in [0, 0.1) is 0 Å². The summed E-state index contributed by atoms with van der Waals surface area (Å²) in [5.74, 6) is -1.41. The van der Waals surface area contributed by atoms with Crippen molar-refractivity contribution < 1.29 is 19.1 Å². The number of nitrogens with zero attached hydrogens (tertiary/aromatic N) is 1. The summed E-state index contributed by atoms with van der Waals surface area (Å²) in [6.07, 6.45) is 1.78. The fraction of sp³-hybridized carbons (Fsp3) is 0.318. The molecule has 0 spiro atoms. The monoisotopic (exact) mass is 395 g/mol. The van der Waals surface area contributed by atoms with Crippen molar-refractivity contribution in [1.82, 2.24) is 15.8 Å². The van der Waals surface area contributed by atoms with E-state index in [1.165, 1.54) is 7.11 Å². The van der Waals surface area contributed by atoms with Crippen LogP contribution in [0.2, 0.25) is 0 Å². The number of carbonyl (C=O) groups excluding carboxylic acids is 3. The van der Waals surface area contributed by atoms with Crippen LogP contribution in [0.1, 0.15) is 28.8 Å². The highest BCUT2D eigenvalue weighted by molar-refractivity contribution is 5.98. The number of hydrogen-bond donors (Lipinski definition) is 2. The van der Waals surface area contributed by atoms with Crippen LogP contribution in [0.4, 0.5) is 0 Å². The van der Waals surface area contributed by atoms with E-state index in [0.29, 0.717) is 12.0 Å². The van der Waals surface area contributed by atoms with E-state index in [1.54, 1.807) is 30.3 Å². The fourth-order valence-electron chi connectivity index (χ4n) is 3.35. The number of amides is 2. The van der Waals surface area contributed by atoms with Crippen LogP contribution >= 0.6 is 0 Å². The van der Waals surface area contributed by atoms with E-state index in [1.807, 2.05) is 30.3 Å². The standard InChI is InChI=1S/C22H25N3O4/c1-29-22(28)19(15-16-9-4-2-5-10-16)25(21(27)17-11-6-3-7-12-17)24-20(26)18-13-8-14-23-18/h2-7,9-12,18-19,23H,8,13-15H2,1H3,(H,24,26)/t18-,19-/m0/s1. The molecular formula is C22H25N3O4. The van der Waals surface area contributed by atoms with Crippen LogP contribution in [0.15, 0.2) is 60.7 Å². The van der Waals surface area contributed by atoms with Crippen molar-refractivity contribution in [2.75, 3.05) is 13.7 Å². The fourth-order valence-corrected chi connectivity index (χ4v) is 3.35. The van der Waals surface area contributed by atoms with E-state index in [9.17, 15) is 14.4 Å². The molecule has 152 valence electrons. The van der Waals surface area contributed by atoms with Gasteiger partial charge in [-0.2, -0.15) is 0 Å². The molecule has 2 atom stereocenters. The average molecular weight is 395 g/mol. The van der Waals surface area contributed by atoms with E-state index in [0.717, 1.165) is 23.5 Å². The van der Waals surface area contributed by atoms with E-state index in [2.05, 4.69) is 10.7 Å². The zero-order chi connectivity index (χ0) is 20.6. The molecule has 7 heteroatoms. The van der Waals surface area contributed by atoms with Gasteiger partial charge in [0, 0.05) is 12.0 Å². The molecule has 1 saturated heterocycles. The predicted molar refractivity (Wildman–Crippen MR) is 108 cm³/mol. The Hall–Kier alpha value is -3.19. The third-order valence-corrected chi connectivity index (χ3v) is 4.90. The van der Waals surface area contributed by atoms with Crippen molar-refractivity contribution in [3.8, 4) is 0 Å². The minimum absolute atomic E-state index is 0.213. The highest BCUT2D eigenvalue weighted by Gasteiger charge is 2.35. The Labute approximate surface area is 170 Å². The van der Waals surface area contributed by atoms with Gasteiger partial charge in [0.15, 0.2) is 6.04 Å². The van der Waals surface area contributed by atoms with Gasteiger partial charge < -0.3 is 10.1 Å². The minimum Gasteiger partial charge on any atom is -0.467 e. The summed E-state index contributed by atoms with van der Waals surface area (Å²) in [7, 11) is 1.27. The van der Waals surface area contributed by atoms with Crippen molar-refractivity contribution >= 4 is 17.8 Å². The molecular weight excluding hydrogens is 370 g/mol. The number of ether oxygens (including phenoxy) is 1. The summed E-state index contributed by atoms with van der Waals surface area (Å²) in [5.41, 5.74) is 3.89. The first-order valence-electron chi connectivity index (χ1n) is 9.64. The molecule has 0 bridgehead atoms. The Morgan fingerprint density at radius 3 is 2.34 bits per heavy atom. The molecule has 1 fully saturated rings. The third kappa shape index (κ3) is 5.20. The average Bonchev–Trinajstić information content (AvgIpc) is 3.31. The number of carbonyl (C=O) groups is 3. The molecule has 1 aliphatic heterocycles. The van der Waals surface area contributed by atoms with Gasteiger partial charge in [0.25, 0.3) is 11.8 Å². The number of rotatable bonds is 6. The molecule has 0 aromatic heterocycles. The Morgan fingerprint density at radius 1 is 1.10 bits per heavy atom. The topological polar surface area (TPSA) is 87.7 Å². The van der Waals surface area contributed by atoms with E-state index >= 15 is 0 Å². The van der Waals surface area contributed by atoms with Crippen LogP contribution in [0.5, 0.6) is 0 Å². The van der Waals surface area contributed by atoms with Gasteiger partial charge in [-0.15, -0.1) is 0 Å². The van der Waals surface area contributed by atoms with Crippen LogP contribution in [-0.2, 0) is 20.7 Å². The second-order valence-electron chi connectivity index (χ2n) is 6.89. The van der Waals surface area contributed by atoms with Crippen molar-refractivity contribution in [3.05, 3.63) is 71.8 Å². The van der Waals surface area contributed by atoms with Crippen LogP contribution in [0.25, 0.3) is 0 Å². The Bertz CT molecular complexity index is 836. The summed E-state index contributed by atoms with van der Waals surface area (Å²) in [6.45, 7) is 0.745. The second kappa shape index (κ2) is 9.84. The number of nitrogens with one attached hydrogen (secondary N) is 2. The SMILES string of the molecule is COC(=O)[C@H](Cc1ccccc1)N(NC(=O)[C@@H]1CCCN1)C(=O)c1ccccc1. The number of methoxy groups -OCH3 is 1. The molecule has 0 aliphatic carbocycles. The first kappa shape index (κ1) is 20.5.